The normalized spacial score (nSPS) is 15.7. The lowest BCUT2D eigenvalue weighted by Gasteiger charge is -2.12. The number of Topliss-reactive ketones (excluding diaryl/α,β-unsaturated/α-hetero) is 2. The minimum Gasteiger partial charge on any atom is -0.285 e. The molecule has 0 saturated carbocycles. The highest BCUT2D eigenvalue weighted by molar-refractivity contribution is 7.94. The number of allylic oxidation sites excluding steroid dienone is 1. The molecule has 0 heterocycles. The fourth-order valence-corrected chi connectivity index (χ4v) is 2.12. The van der Waals surface area contributed by atoms with Crippen LogP contribution in [0.25, 0.3) is 6.08 Å². The summed E-state index contributed by atoms with van der Waals surface area (Å²) in [5.74, 6) is -1.93. The van der Waals surface area contributed by atoms with Gasteiger partial charge >= 0.3 is 0 Å². The third-order valence-electron chi connectivity index (χ3n) is 2.23. The average Bonchev–Trinajstić information content (AvgIpc) is 2.22. The van der Waals surface area contributed by atoms with Crippen molar-refractivity contribution in [1.29, 1.82) is 0 Å². The van der Waals surface area contributed by atoms with Crippen molar-refractivity contribution in [2.24, 2.45) is 5.14 Å². The van der Waals surface area contributed by atoms with Crippen LogP contribution in [-0.4, -0.2) is 20.0 Å². The van der Waals surface area contributed by atoms with Gasteiger partial charge in [-0.3, -0.25) is 9.59 Å². The quantitative estimate of drug-likeness (QED) is 0.700. The number of hydrogen-bond acceptors (Lipinski definition) is 4. The number of nitrogens with two attached hydrogens (primary N) is 1. The van der Waals surface area contributed by atoms with Gasteiger partial charge in [0.15, 0.2) is 0 Å². The van der Waals surface area contributed by atoms with Crippen LogP contribution in [-0.2, 0) is 14.8 Å². The van der Waals surface area contributed by atoms with Crippen molar-refractivity contribution in [3.05, 3.63) is 40.3 Å². The topological polar surface area (TPSA) is 94.3 Å². The second kappa shape index (κ2) is 3.36. The van der Waals surface area contributed by atoms with Crippen molar-refractivity contribution in [1.82, 2.24) is 0 Å². The third-order valence-corrected chi connectivity index (χ3v) is 3.14. The molecule has 0 fully saturated rings. The molecule has 0 bridgehead atoms. The van der Waals surface area contributed by atoms with Gasteiger partial charge in [0.05, 0.1) is 0 Å². The van der Waals surface area contributed by atoms with E-state index in [4.69, 9.17) is 5.14 Å². The lowest BCUT2D eigenvalue weighted by Crippen LogP contribution is -2.29. The Bertz CT molecular complexity index is 628. The number of primary sulfonamides is 1. The first kappa shape index (κ1) is 10.7. The predicted molar refractivity (Wildman–Crippen MR) is 56.9 cm³/mol. The lowest BCUT2D eigenvalue weighted by atomic mass is 9.95. The van der Waals surface area contributed by atoms with Gasteiger partial charge in [-0.05, 0) is 11.6 Å². The highest BCUT2D eigenvalue weighted by atomic mass is 32.2. The zero-order chi connectivity index (χ0) is 11.9. The number of fused-ring (bicyclic) bond motifs is 1. The molecule has 16 heavy (non-hydrogen) atoms. The average molecular weight is 237 g/mol. The lowest BCUT2D eigenvalue weighted by molar-refractivity contribution is -0.111. The van der Waals surface area contributed by atoms with Gasteiger partial charge < -0.3 is 0 Å². The van der Waals surface area contributed by atoms with Gasteiger partial charge in [-0.2, -0.15) is 0 Å². The van der Waals surface area contributed by atoms with Gasteiger partial charge in [-0.15, -0.1) is 0 Å². The number of hydrogen-bond donors (Lipinski definition) is 1. The van der Waals surface area contributed by atoms with E-state index < -0.39 is 26.5 Å². The first-order valence-corrected chi connectivity index (χ1v) is 5.88. The Balaban J connectivity index is 2.75. The highest BCUT2D eigenvalue weighted by Crippen LogP contribution is 2.23. The summed E-state index contributed by atoms with van der Waals surface area (Å²) < 4.78 is 22.2. The molecule has 0 aromatic heterocycles. The molecule has 82 valence electrons. The van der Waals surface area contributed by atoms with Gasteiger partial charge in [0.25, 0.3) is 0 Å². The molecule has 0 unspecified atom stereocenters. The molecule has 0 aliphatic heterocycles. The fourth-order valence-electron chi connectivity index (χ4n) is 1.48. The van der Waals surface area contributed by atoms with E-state index in [0.717, 1.165) is 6.08 Å². The molecule has 0 amide bonds. The van der Waals surface area contributed by atoms with E-state index in [9.17, 15) is 18.0 Å². The molecule has 0 atom stereocenters. The number of ketones is 2. The van der Waals surface area contributed by atoms with E-state index in [1.54, 1.807) is 18.2 Å². The van der Waals surface area contributed by atoms with Crippen LogP contribution in [0.15, 0.2) is 29.2 Å². The Morgan fingerprint density at radius 2 is 1.62 bits per heavy atom. The fraction of sp³-hybridized carbons (Fsp3) is 0. The molecular weight excluding hydrogens is 230 g/mol. The molecule has 0 saturated heterocycles. The molecule has 1 aliphatic carbocycles. The molecule has 0 radical (unpaired) electrons. The molecule has 2 N–H and O–H groups in total. The Hall–Kier alpha value is -1.79. The number of rotatable bonds is 1. The SMILES string of the molecule is NS(=O)(=O)C1=Cc2ccccc2C(=O)C1=O. The Labute approximate surface area is 91.6 Å². The van der Waals surface area contributed by atoms with Gasteiger partial charge in [-0.1, -0.05) is 24.3 Å². The van der Waals surface area contributed by atoms with E-state index in [0.29, 0.717) is 5.56 Å². The molecule has 1 aliphatic rings. The minimum absolute atomic E-state index is 0.194. The van der Waals surface area contributed by atoms with Crippen molar-refractivity contribution < 1.29 is 18.0 Å². The Morgan fingerprint density at radius 1 is 1.00 bits per heavy atom. The zero-order valence-corrected chi connectivity index (χ0v) is 8.82. The highest BCUT2D eigenvalue weighted by Gasteiger charge is 2.32. The van der Waals surface area contributed by atoms with Gasteiger partial charge in [0.2, 0.25) is 21.6 Å². The van der Waals surface area contributed by atoms with Crippen LogP contribution in [0.5, 0.6) is 0 Å². The standard InChI is InChI=1S/C10H7NO4S/c11-16(14,15)8-5-6-3-1-2-4-7(6)9(12)10(8)13/h1-5H,(H2,11,14,15). The predicted octanol–water partition coefficient (Wildman–Crippen LogP) is 0.0814. The first-order chi connectivity index (χ1) is 7.41. The van der Waals surface area contributed by atoms with Crippen LogP contribution in [0.2, 0.25) is 0 Å². The van der Waals surface area contributed by atoms with Crippen molar-refractivity contribution in [2.75, 3.05) is 0 Å². The van der Waals surface area contributed by atoms with Crippen LogP contribution < -0.4 is 5.14 Å². The maximum absolute atomic E-state index is 11.6. The molecule has 2 rings (SSSR count). The van der Waals surface area contributed by atoms with E-state index >= 15 is 0 Å². The van der Waals surface area contributed by atoms with Gasteiger partial charge in [-0.25, -0.2) is 13.6 Å². The summed E-state index contributed by atoms with van der Waals surface area (Å²) in [4.78, 5) is 22.4. The zero-order valence-electron chi connectivity index (χ0n) is 8.01. The smallest absolute Gasteiger partial charge is 0.246 e. The Kier molecular flexibility index (Phi) is 2.25. The molecule has 6 heteroatoms. The summed E-state index contributed by atoms with van der Waals surface area (Å²) in [7, 11) is -4.16. The van der Waals surface area contributed by atoms with Crippen LogP contribution in [0.4, 0.5) is 0 Å². The van der Waals surface area contributed by atoms with Gasteiger partial charge in [0.1, 0.15) is 4.91 Å². The number of benzene rings is 1. The second-order valence-corrected chi connectivity index (χ2v) is 4.83. The number of carbonyl (C=O) groups is 2. The summed E-state index contributed by atoms with van der Waals surface area (Å²) in [5.41, 5.74) is 0.580. The second-order valence-electron chi connectivity index (χ2n) is 3.30. The maximum atomic E-state index is 11.6. The molecule has 1 aromatic carbocycles. The maximum Gasteiger partial charge on any atom is 0.246 e. The molecular formula is C10H7NO4S. The van der Waals surface area contributed by atoms with Crippen LogP contribution >= 0.6 is 0 Å². The van der Waals surface area contributed by atoms with Gasteiger partial charge in [0, 0.05) is 5.56 Å². The van der Waals surface area contributed by atoms with E-state index in [-0.39, 0.29) is 5.56 Å². The summed E-state index contributed by atoms with van der Waals surface area (Å²) in [5, 5.41) is 4.85. The van der Waals surface area contributed by atoms with Crippen molar-refractivity contribution in [3.63, 3.8) is 0 Å². The largest absolute Gasteiger partial charge is 0.285 e. The van der Waals surface area contributed by atoms with Crippen molar-refractivity contribution in [3.8, 4) is 0 Å². The van der Waals surface area contributed by atoms with Crippen LogP contribution in [0, 0.1) is 0 Å². The summed E-state index contributed by atoms with van der Waals surface area (Å²) in [6.07, 6.45) is 1.12. The third kappa shape index (κ3) is 1.58. The van der Waals surface area contributed by atoms with Crippen molar-refractivity contribution in [2.45, 2.75) is 0 Å². The Morgan fingerprint density at radius 3 is 2.25 bits per heavy atom. The first-order valence-electron chi connectivity index (χ1n) is 4.34. The number of sulfonamides is 1. The van der Waals surface area contributed by atoms with Crippen LogP contribution in [0.3, 0.4) is 0 Å². The monoisotopic (exact) mass is 237 g/mol. The van der Waals surface area contributed by atoms with Crippen molar-refractivity contribution >= 4 is 27.7 Å². The molecule has 5 nitrogen and oxygen atoms in total. The van der Waals surface area contributed by atoms with E-state index in [2.05, 4.69) is 0 Å². The molecule has 0 spiro atoms. The van der Waals surface area contributed by atoms with Crippen LogP contribution in [0.1, 0.15) is 15.9 Å². The van der Waals surface area contributed by atoms with E-state index in [1.165, 1.54) is 6.07 Å². The molecule has 1 aromatic rings. The summed E-state index contributed by atoms with van der Waals surface area (Å²) >= 11 is 0. The summed E-state index contributed by atoms with van der Waals surface area (Å²) in [6.45, 7) is 0. The van der Waals surface area contributed by atoms with E-state index in [1.807, 2.05) is 0 Å². The summed E-state index contributed by atoms with van der Waals surface area (Å²) in [6, 6.07) is 6.25. The minimum atomic E-state index is -4.16. The number of carbonyl (C=O) groups excluding carboxylic acids is 2.